The van der Waals surface area contributed by atoms with E-state index in [1.807, 2.05) is 0 Å². The minimum absolute atomic E-state index is 0.0325. The Morgan fingerprint density at radius 2 is 2.09 bits per heavy atom. The molecule has 0 saturated heterocycles. The number of aliphatic hydroxyl groups is 1. The van der Waals surface area contributed by atoms with Crippen LogP contribution in [0, 0.1) is 10.1 Å². The van der Waals surface area contributed by atoms with Crippen LogP contribution in [0.1, 0.15) is 12.8 Å². The number of oxazole rings is 1. The highest BCUT2D eigenvalue weighted by atomic mass is 35.5. The Hall–Kier alpha value is -3.08. The van der Waals surface area contributed by atoms with Crippen molar-refractivity contribution in [2.45, 2.75) is 25.5 Å². The number of hydrogen-bond acceptors (Lipinski definition) is 7. The number of halogens is 2. The van der Waals surface area contributed by atoms with Gasteiger partial charge in [0.15, 0.2) is 5.58 Å². The Bertz CT molecular complexity index is 1190. The molecule has 1 amide bonds. The maximum atomic E-state index is 12.0. The molecule has 0 aliphatic rings. The first-order valence-electron chi connectivity index (χ1n) is 9.55. The van der Waals surface area contributed by atoms with Gasteiger partial charge in [-0.3, -0.25) is 19.5 Å². The zero-order valence-corrected chi connectivity index (χ0v) is 18.1. The summed E-state index contributed by atoms with van der Waals surface area (Å²) in [6, 6.07) is 8.77. The van der Waals surface area contributed by atoms with Gasteiger partial charge in [0.05, 0.1) is 21.5 Å². The number of fused-ring (bicyclic) bond motifs is 1. The van der Waals surface area contributed by atoms with E-state index in [0.29, 0.717) is 22.7 Å². The molecule has 0 saturated carbocycles. The second-order valence-electron chi connectivity index (χ2n) is 6.85. The van der Waals surface area contributed by atoms with Crippen LogP contribution in [0.3, 0.4) is 0 Å². The Kier molecular flexibility index (Phi) is 7.73. The number of aliphatic hydroxyl groups excluding tert-OH is 1. The van der Waals surface area contributed by atoms with Gasteiger partial charge in [-0.05, 0) is 24.6 Å². The van der Waals surface area contributed by atoms with Crippen LogP contribution in [0.25, 0.3) is 11.1 Å². The van der Waals surface area contributed by atoms with Gasteiger partial charge in [-0.1, -0.05) is 29.3 Å². The first-order chi connectivity index (χ1) is 15.3. The molecule has 2 N–H and O–H groups in total. The summed E-state index contributed by atoms with van der Waals surface area (Å²) in [6.45, 7) is 0.0636. The Labute approximate surface area is 191 Å². The molecule has 10 nitrogen and oxygen atoms in total. The number of amides is 1. The summed E-state index contributed by atoms with van der Waals surface area (Å²) in [5, 5.41) is 24.0. The van der Waals surface area contributed by atoms with Crippen molar-refractivity contribution >= 4 is 45.9 Å². The van der Waals surface area contributed by atoms with Crippen LogP contribution < -0.4 is 15.8 Å². The Balaban J connectivity index is 1.44. The SMILES string of the molecule is O=C(CCCn1c(=O)oc2cc([N+](=O)[O-])ccc21)NCC(O)COc1cccc(Cl)c1Cl. The average Bonchev–Trinajstić information content (AvgIpc) is 3.07. The molecule has 1 unspecified atom stereocenters. The average molecular weight is 484 g/mol. The van der Waals surface area contributed by atoms with E-state index in [9.17, 15) is 24.8 Å². The molecule has 0 fully saturated rings. The zero-order valence-electron chi connectivity index (χ0n) is 16.6. The molecular formula is C20H19Cl2N3O7. The van der Waals surface area contributed by atoms with E-state index >= 15 is 0 Å². The fraction of sp³-hybridized carbons (Fsp3) is 0.300. The van der Waals surface area contributed by atoms with Gasteiger partial charge in [-0.2, -0.15) is 0 Å². The molecule has 3 aromatic rings. The van der Waals surface area contributed by atoms with E-state index in [4.69, 9.17) is 32.4 Å². The van der Waals surface area contributed by atoms with Crippen molar-refractivity contribution < 1.29 is 24.0 Å². The predicted molar refractivity (Wildman–Crippen MR) is 117 cm³/mol. The van der Waals surface area contributed by atoms with E-state index in [1.54, 1.807) is 18.2 Å². The molecule has 0 spiro atoms. The van der Waals surface area contributed by atoms with Gasteiger partial charge in [0.1, 0.15) is 23.5 Å². The summed E-state index contributed by atoms with van der Waals surface area (Å²) < 4.78 is 11.8. The molecule has 170 valence electrons. The number of nitro benzene ring substituents is 1. The zero-order chi connectivity index (χ0) is 23.3. The molecule has 1 heterocycles. The van der Waals surface area contributed by atoms with Crippen molar-refractivity contribution in [1.29, 1.82) is 0 Å². The number of nitro groups is 1. The molecule has 0 bridgehead atoms. The summed E-state index contributed by atoms with van der Waals surface area (Å²) in [6.07, 6.45) is -0.549. The van der Waals surface area contributed by atoms with Crippen molar-refractivity contribution in [2.75, 3.05) is 13.2 Å². The molecular weight excluding hydrogens is 465 g/mol. The van der Waals surface area contributed by atoms with E-state index in [1.165, 1.54) is 22.8 Å². The van der Waals surface area contributed by atoms with Gasteiger partial charge in [-0.25, -0.2) is 4.79 Å². The lowest BCUT2D eigenvalue weighted by Crippen LogP contribution is -2.35. The van der Waals surface area contributed by atoms with Gasteiger partial charge in [0.25, 0.3) is 5.69 Å². The van der Waals surface area contributed by atoms with Crippen LogP contribution in [0.4, 0.5) is 5.69 Å². The van der Waals surface area contributed by atoms with Crippen LogP contribution in [-0.2, 0) is 11.3 Å². The number of benzene rings is 2. The monoisotopic (exact) mass is 483 g/mol. The molecule has 1 aromatic heterocycles. The van der Waals surface area contributed by atoms with Gasteiger partial charge < -0.3 is 19.6 Å². The van der Waals surface area contributed by atoms with Crippen molar-refractivity contribution in [3.63, 3.8) is 0 Å². The molecule has 1 atom stereocenters. The summed E-state index contributed by atoms with van der Waals surface area (Å²) in [4.78, 5) is 34.3. The van der Waals surface area contributed by atoms with Crippen molar-refractivity contribution in [3.05, 3.63) is 67.1 Å². The first-order valence-corrected chi connectivity index (χ1v) is 10.3. The first kappa shape index (κ1) is 23.6. The number of aromatic nitrogens is 1. The normalized spacial score (nSPS) is 12.0. The number of carbonyl (C=O) groups excluding carboxylic acids is 1. The number of carbonyl (C=O) groups is 1. The quantitative estimate of drug-likeness (QED) is 0.333. The number of non-ortho nitro benzene ring substituents is 1. The Morgan fingerprint density at radius 1 is 1.31 bits per heavy atom. The minimum atomic E-state index is -0.967. The molecule has 0 aliphatic heterocycles. The maximum absolute atomic E-state index is 12.0. The predicted octanol–water partition coefficient (Wildman–Crippen LogP) is 3.15. The lowest BCUT2D eigenvalue weighted by Gasteiger charge is -2.14. The highest BCUT2D eigenvalue weighted by Crippen LogP contribution is 2.31. The summed E-state index contributed by atoms with van der Waals surface area (Å²) >= 11 is 11.9. The third kappa shape index (κ3) is 5.78. The number of aryl methyl sites for hydroxylation is 1. The molecule has 2 aromatic carbocycles. The highest BCUT2D eigenvalue weighted by Gasteiger charge is 2.15. The second-order valence-corrected chi connectivity index (χ2v) is 7.64. The van der Waals surface area contributed by atoms with E-state index < -0.39 is 16.8 Å². The van der Waals surface area contributed by atoms with Crippen LogP contribution in [-0.4, -0.2) is 39.8 Å². The van der Waals surface area contributed by atoms with Gasteiger partial charge in [0.2, 0.25) is 5.91 Å². The molecule has 0 radical (unpaired) electrons. The lowest BCUT2D eigenvalue weighted by atomic mass is 10.2. The number of rotatable bonds is 10. The number of nitrogens with zero attached hydrogens (tertiary/aromatic N) is 2. The summed E-state index contributed by atoms with van der Waals surface area (Å²) in [5.74, 6) is -0.651. The van der Waals surface area contributed by atoms with E-state index in [-0.39, 0.29) is 48.3 Å². The van der Waals surface area contributed by atoms with Gasteiger partial charge in [-0.15, -0.1) is 0 Å². The smallest absolute Gasteiger partial charge is 0.419 e. The largest absolute Gasteiger partial charge is 0.489 e. The van der Waals surface area contributed by atoms with Crippen LogP contribution in [0.5, 0.6) is 5.75 Å². The number of nitrogens with one attached hydrogen (secondary N) is 1. The van der Waals surface area contributed by atoms with Gasteiger partial charge in [0, 0.05) is 25.6 Å². The van der Waals surface area contributed by atoms with Gasteiger partial charge >= 0.3 is 5.76 Å². The third-order valence-corrected chi connectivity index (χ3v) is 5.33. The lowest BCUT2D eigenvalue weighted by molar-refractivity contribution is -0.384. The highest BCUT2D eigenvalue weighted by molar-refractivity contribution is 6.42. The Morgan fingerprint density at radius 3 is 2.84 bits per heavy atom. The molecule has 3 rings (SSSR count). The molecule has 0 aliphatic carbocycles. The van der Waals surface area contributed by atoms with Crippen LogP contribution in [0.2, 0.25) is 10.0 Å². The fourth-order valence-corrected chi connectivity index (χ4v) is 3.28. The third-order valence-electron chi connectivity index (χ3n) is 4.53. The van der Waals surface area contributed by atoms with E-state index in [0.717, 1.165) is 0 Å². The molecule has 32 heavy (non-hydrogen) atoms. The van der Waals surface area contributed by atoms with E-state index in [2.05, 4.69) is 5.32 Å². The van der Waals surface area contributed by atoms with Crippen molar-refractivity contribution in [1.82, 2.24) is 9.88 Å². The maximum Gasteiger partial charge on any atom is 0.419 e. The van der Waals surface area contributed by atoms with Crippen molar-refractivity contribution in [2.24, 2.45) is 0 Å². The van der Waals surface area contributed by atoms with Crippen molar-refractivity contribution in [3.8, 4) is 5.75 Å². The number of hydrogen-bond donors (Lipinski definition) is 2. The summed E-state index contributed by atoms with van der Waals surface area (Å²) in [5.41, 5.74) is 0.336. The van der Waals surface area contributed by atoms with Crippen LogP contribution >= 0.6 is 23.2 Å². The summed E-state index contributed by atoms with van der Waals surface area (Å²) in [7, 11) is 0. The topological polar surface area (TPSA) is 137 Å². The van der Waals surface area contributed by atoms with Crippen LogP contribution in [0.15, 0.2) is 45.6 Å². The standard InChI is InChI=1S/C20H19Cl2N3O7/c21-14-3-1-4-16(19(14)22)31-11-13(26)10-23-18(27)5-2-8-24-15-7-6-12(25(29)30)9-17(15)32-20(24)28/h1,3-4,6-7,9,13,26H,2,5,8,10-11H2,(H,23,27). The minimum Gasteiger partial charge on any atom is -0.489 e. The molecule has 12 heteroatoms. The fourth-order valence-electron chi connectivity index (χ4n) is 2.94. The number of ether oxygens (including phenoxy) is 1. The second kappa shape index (κ2) is 10.5.